The highest BCUT2D eigenvalue weighted by atomic mass is 16.2. The number of hydrogen-bond donors (Lipinski definition) is 2. The third-order valence-corrected chi connectivity index (χ3v) is 4.67. The van der Waals surface area contributed by atoms with Gasteiger partial charge in [-0.1, -0.05) is 60.7 Å². The van der Waals surface area contributed by atoms with E-state index < -0.39 is 23.6 Å². The van der Waals surface area contributed by atoms with Crippen molar-refractivity contribution in [3.63, 3.8) is 0 Å². The summed E-state index contributed by atoms with van der Waals surface area (Å²) < 4.78 is 0. The number of carbonyl (C=O) groups is 3. The fraction of sp³-hybridized carbons (Fsp3) is 0.238. The summed E-state index contributed by atoms with van der Waals surface area (Å²) in [6.07, 6.45) is 1.12. The number of imide groups is 1. The molecule has 0 saturated carbocycles. The smallest absolute Gasteiger partial charge is 0.278 e. The van der Waals surface area contributed by atoms with Crippen LogP contribution in [0.3, 0.4) is 0 Å². The van der Waals surface area contributed by atoms with Gasteiger partial charge in [-0.15, -0.1) is 0 Å². The van der Waals surface area contributed by atoms with Crippen LogP contribution in [0, 0.1) is 5.92 Å². The molecule has 1 aliphatic heterocycles. The Morgan fingerprint density at radius 2 is 1.54 bits per heavy atom. The van der Waals surface area contributed by atoms with E-state index in [-0.39, 0.29) is 12.3 Å². The molecule has 0 spiro atoms. The van der Waals surface area contributed by atoms with Crippen molar-refractivity contribution in [1.82, 2.24) is 10.2 Å². The number of nitrogens with two attached hydrogens (primary N) is 1. The molecule has 1 unspecified atom stereocenters. The minimum atomic E-state index is -1.29. The molecule has 2 aromatic rings. The van der Waals surface area contributed by atoms with Gasteiger partial charge in [-0.25, -0.2) is 0 Å². The molecule has 3 amide bonds. The molecule has 1 aliphatic rings. The summed E-state index contributed by atoms with van der Waals surface area (Å²) >= 11 is 0. The van der Waals surface area contributed by atoms with E-state index in [0.29, 0.717) is 19.4 Å². The average molecular weight is 378 g/mol. The van der Waals surface area contributed by atoms with E-state index in [1.807, 2.05) is 60.7 Å². The van der Waals surface area contributed by atoms with Crippen LogP contribution in [-0.4, -0.2) is 41.4 Å². The van der Waals surface area contributed by atoms with E-state index in [1.54, 1.807) is 0 Å². The minimum Gasteiger partial charge on any atom is -0.355 e. The predicted molar refractivity (Wildman–Crippen MR) is 105 cm³/mol. The van der Waals surface area contributed by atoms with Gasteiger partial charge < -0.3 is 11.2 Å². The van der Waals surface area contributed by atoms with Crippen LogP contribution in [0.2, 0.25) is 0 Å². The topological polar surface area (TPSA) is 105 Å². The van der Waals surface area contributed by atoms with Crippen LogP contribution in [0.4, 0.5) is 0 Å². The zero-order chi connectivity index (χ0) is 19.9. The molecule has 7 heteroatoms. The van der Waals surface area contributed by atoms with Crippen molar-refractivity contribution in [3.8, 4) is 0 Å². The fourth-order valence-electron chi connectivity index (χ4n) is 3.17. The Morgan fingerprint density at radius 1 is 0.964 bits per heavy atom. The molecule has 3 rings (SSSR count). The van der Waals surface area contributed by atoms with Gasteiger partial charge in [-0.05, 0) is 24.0 Å². The van der Waals surface area contributed by atoms with Crippen LogP contribution in [0.25, 0.3) is 0 Å². The quantitative estimate of drug-likeness (QED) is 0.323. The first kappa shape index (κ1) is 19.3. The van der Waals surface area contributed by atoms with Gasteiger partial charge in [-0.2, -0.15) is 5.10 Å². The maximum Gasteiger partial charge on any atom is 0.278 e. The molecular weight excluding hydrogens is 356 g/mol. The fourth-order valence-corrected chi connectivity index (χ4v) is 3.17. The second-order valence-electron chi connectivity index (χ2n) is 6.50. The van der Waals surface area contributed by atoms with Crippen LogP contribution >= 0.6 is 0 Å². The lowest BCUT2D eigenvalue weighted by atomic mass is 10.0. The Labute approximate surface area is 163 Å². The van der Waals surface area contributed by atoms with E-state index in [0.717, 1.165) is 16.0 Å². The lowest BCUT2D eigenvalue weighted by molar-refractivity contribution is -0.140. The standard InChI is InChI=1S/C21H22N4O3/c22-24-18-17(19(26)23-13-11-15-7-3-1-4-8-15)20(27)25(21(18)28)14-12-16-9-5-2-6-10-16/h1-10,17H,11-14,22H2,(H,23,26)/b24-18-. The number of carbonyl (C=O) groups excluding carboxylic acids is 3. The molecule has 2 aromatic carbocycles. The highest BCUT2D eigenvalue weighted by Crippen LogP contribution is 2.18. The van der Waals surface area contributed by atoms with Crippen molar-refractivity contribution in [2.75, 3.05) is 13.1 Å². The van der Waals surface area contributed by atoms with E-state index in [1.165, 1.54) is 0 Å². The molecule has 1 fully saturated rings. The van der Waals surface area contributed by atoms with Crippen molar-refractivity contribution in [2.45, 2.75) is 12.8 Å². The molecule has 1 saturated heterocycles. The zero-order valence-corrected chi connectivity index (χ0v) is 15.4. The molecule has 0 bridgehead atoms. The molecule has 144 valence electrons. The van der Waals surface area contributed by atoms with E-state index in [2.05, 4.69) is 10.4 Å². The Bertz CT molecular complexity index is 881. The van der Waals surface area contributed by atoms with Gasteiger partial charge >= 0.3 is 0 Å². The molecule has 3 N–H and O–H groups in total. The summed E-state index contributed by atoms with van der Waals surface area (Å²) in [4.78, 5) is 38.8. The Morgan fingerprint density at radius 3 is 2.11 bits per heavy atom. The first-order chi connectivity index (χ1) is 13.6. The molecule has 1 atom stereocenters. The second-order valence-corrected chi connectivity index (χ2v) is 6.50. The van der Waals surface area contributed by atoms with Crippen LogP contribution < -0.4 is 11.2 Å². The summed E-state index contributed by atoms with van der Waals surface area (Å²) in [5.74, 6) is 2.28. The average Bonchev–Trinajstić information content (AvgIpc) is 2.97. The number of hydrazone groups is 1. The third kappa shape index (κ3) is 4.25. The summed E-state index contributed by atoms with van der Waals surface area (Å²) in [7, 11) is 0. The zero-order valence-electron chi connectivity index (χ0n) is 15.4. The molecular formula is C21H22N4O3. The molecule has 7 nitrogen and oxygen atoms in total. The Hall–Kier alpha value is -3.48. The van der Waals surface area contributed by atoms with Gasteiger partial charge in [-0.3, -0.25) is 19.3 Å². The van der Waals surface area contributed by atoms with Crippen LogP contribution in [0.1, 0.15) is 11.1 Å². The lowest BCUT2D eigenvalue weighted by Crippen LogP contribution is -2.40. The summed E-state index contributed by atoms with van der Waals surface area (Å²) in [6.45, 7) is 0.525. The van der Waals surface area contributed by atoms with Crippen molar-refractivity contribution in [2.24, 2.45) is 16.9 Å². The van der Waals surface area contributed by atoms with E-state index in [9.17, 15) is 14.4 Å². The molecule has 0 aliphatic carbocycles. The summed E-state index contributed by atoms with van der Waals surface area (Å²) in [6, 6.07) is 19.2. The second kappa shape index (κ2) is 8.94. The molecule has 0 radical (unpaired) electrons. The SMILES string of the molecule is N/N=C1\C(=O)N(CCc2ccccc2)C(=O)C1C(=O)NCCc1ccccc1. The van der Waals surface area contributed by atoms with E-state index in [4.69, 9.17) is 5.84 Å². The summed E-state index contributed by atoms with van der Waals surface area (Å²) in [5.41, 5.74) is 1.84. The molecule has 1 heterocycles. The number of rotatable bonds is 7. The normalized spacial score (nSPS) is 17.9. The number of likely N-dealkylation sites (tertiary alicyclic amines) is 1. The Balaban J connectivity index is 1.62. The third-order valence-electron chi connectivity index (χ3n) is 4.67. The van der Waals surface area contributed by atoms with Crippen LogP contribution in [0.5, 0.6) is 0 Å². The minimum absolute atomic E-state index is 0.175. The summed E-state index contributed by atoms with van der Waals surface area (Å²) in [5, 5.41) is 6.14. The highest BCUT2D eigenvalue weighted by molar-refractivity contribution is 6.54. The van der Waals surface area contributed by atoms with Crippen molar-refractivity contribution in [3.05, 3.63) is 71.8 Å². The first-order valence-electron chi connectivity index (χ1n) is 9.11. The largest absolute Gasteiger partial charge is 0.355 e. The Kier molecular flexibility index (Phi) is 6.16. The number of benzene rings is 2. The predicted octanol–water partition coefficient (Wildman–Crippen LogP) is 0.888. The van der Waals surface area contributed by atoms with Gasteiger partial charge in [0.2, 0.25) is 11.8 Å². The van der Waals surface area contributed by atoms with E-state index >= 15 is 0 Å². The van der Waals surface area contributed by atoms with Crippen LogP contribution in [0.15, 0.2) is 65.8 Å². The number of amides is 3. The molecule has 28 heavy (non-hydrogen) atoms. The van der Waals surface area contributed by atoms with Crippen molar-refractivity contribution in [1.29, 1.82) is 0 Å². The maximum atomic E-state index is 12.7. The van der Waals surface area contributed by atoms with Gasteiger partial charge in [0.05, 0.1) is 0 Å². The number of hydrogen-bond acceptors (Lipinski definition) is 5. The molecule has 0 aromatic heterocycles. The van der Waals surface area contributed by atoms with Crippen LogP contribution in [-0.2, 0) is 27.2 Å². The van der Waals surface area contributed by atoms with Gasteiger partial charge in [0.1, 0.15) is 5.71 Å². The van der Waals surface area contributed by atoms with Gasteiger partial charge in [0.15, 0.2) is 5.92 Å². The number of nitrogens with zero attached hydrogens (tertiary/aromatic N) is 2. The van der Waals surface area contributed by atoms with Crippen molar-refractivity contribution >= 4 is 23.4 Å². The van der Waals surface area contributed by atoms with Crippen molar-refractivity contribution < 1.29 is 14.4 Å². The highest BCUT2D eigenvalue weighted by Gasteiger charge is 2.48. The number of nitrogens with one attached hydrogen (secondary N) is 1. The maximum absolute atomic E-state index is 12.7. The van der Waals surface area contributed by atoms with Gasteiger partial charge in [0.25, 0.3) is 5.91 Å². The lowest BCUT2D eigenvalue weighted by Gasteiger charge is -2.14. The monoisotopic (exact) mass is 378 g/mol. The first-order valence-corrected chi connectivity index (χ1v) is 9.11. The van der Waals surface area contributed by atoms with Gasteiger partial charge in [0, 0.05) is 13.1 Å².